The molecule has 3 aromatic carbocycles. The molecule has 1 aromatic heterocycles. The van der Waals surface area contributed by atoms with Crippen molar-refractivity contribution in [3.8, 4) is 6.01 Å². The summed E-state index contributed by atoms with van der Waals surface area (Å²) >= 11 is 5.43. The maximum Gasteiger partial charge on any atom is 0.319 e. The van der Waals surface area contributed by atoms with Gasteiger partial charge in [0.2, 0.25) is 5.95 Å². The summed E-state index contributed by atoms with van der Waals surface area (Å²) in [6.07, 6.45) is 0. The highest BCUT2D eigenvalue weighted by atomic mass is 32.2. The molecular formula is C21H18N6O7S4. The van der Waals surface area contributed by atoms with E-state index in [0.717, 1.165) is 12.1 Å². The molecule has 0 aliphatic heterocycles. The van der Waals surface area contributed by atoms with E-state index in [1.807, 2.05) is 0 Å². The van der Waals surface area contributed by atoms with Crippen LogP contribution in [-0.4, -0.2) is 57.5 Å². The zero-order valence-electron chi connectivity index (χ0n) is 19.0. The van der Waals surface area contributed by atoms with Gasteiger partial charge in [0.05, 0.1) is 11.4 Å². The van der Waals surface area contributed by atoms with Crippen LogP contribution >= 0.6 is 24.4 Å². The van der Waals surface area contributed by atoms with E-state index in [4.69, 9.17) is 0 Å². The molecule has 0 atom stereocenters. The van der Waals surface area contributed by atoms with Crippen molar-refractivity contribution in [1.29, 1.82) is 0 Å². The summed E-state index contributed by atoms with van der Waals surface area (Å²) in [6.45, 7) is 0. The van der Waals surface area contributed by atoms with Gasteiger partial charge in [0.25, 0.3) is 20.2 Å². The molecular weight excluding hydrogens is 577 g/mol. The number of rotatable bonds is 9. The molecule has 198 valence electrons. The van der Waals surface area contributed by atoms with Crippen LogP contribution in [0, 0.1) is 0 Å². The van der Waals surface area contributed by atoms with Crippen molar-refractivity contribution < 1.29 is 31.0 Å². The minimum absolute atomic E-state index is 0.0877. The lowest BCUT2D eigenvalue weighted by atomic mass is 10.1. The first kappa shape index (κ1) is 27.7. The van der Waals surface area contributed by atoms with E-state index in [9.17, 15) is 31.0 Å². The van der Waals surface area contributed by atoms with Crippen molar-refractivity contribution >= 4 is 78.4 Å². The Bertz CT molecular complexity index is 1750. The molecule has 1 heterocycles. The molecule has 38 heavy (non-hydrogen) atoms. The van der Waals surface area contributed by atoms with Crippen molar-refractivity contribution in [2.75, 3.05) is 16.8 Å². The average molecular weight is 595 g/mol. The van der Waals surface area contributed by atoms with Crippen molar-refractivity contribution in [3.63, 3.8) is 0 Å². The number of hydrogen-bond acceptors (Lipinski definition) is 13. The highest BCUT2D eigenvalue weighted by Gasteiger charge is 2.21. The zero-order valence-corrected chi connectivity index (χ0v) is 22.3. The summed E-state index contributed by atoms with van der Waals surface area (Å²) in [5.41, 5.74) is 0.808. The maximum atomic E-state index is 11.9. The quantitative estimate of drug-likeness (QED) is 0.0791. The van der Waals surface area contributed by atoms with Crippen LogP contribution in [0.1, 0.15) is 0 Å². The Balaban J connectivity index is 1.62. The third kappa shape index (κ3) is 6.74. The molecule has 0 spiro atoms. The van der Waals surface area contributed by atoms with Gasteiger partial charge in [-0.25, -0.2) is 0 Å². The molecule has 17 heteroatoms. The van der Waals surface area contributed by atoms with E-state index in [1.54, 1.807) is 24.3 Å². The number of nitrogens with zero attached hydrogens (tertiary/aromatic N) is 5. The number of nitrogens with one attached hydrogen (secondary N) is 1. The smallest absolute Gasteiger partial charge is 0.319 e. The number of hydrogen-bond donors (Lipinski definition) is 5. The Hall–Kier alpha value is -3.35. The third-order valence-corrected chi connectivity index (χ3v) is 7.97. The van der Waals surface area contributed by atoms with Crippen LogP contribution in [0.4, 0.5) is 23.0 Å². The molecule has 0 aliphatic carbocycles. The molecule has 0 amide bonds. The van der Waals surface area contributed by atoms with E-state index in [0.29, 0.717) is 28.0 Å². The number of anilines is 2. The number of aromatic nitrogens is 3. The summed E-state index contributed by atoms with van der Waals surface area (Å²) in [7, 11) is -9.48. The van der Waals surface area contributed by atoms with Crippen molar-refractivity contribution in [2.24, 2.45) is 10.2 Å². The fraction of sp³-hybridized carbons (Fsp3) is 0.0952. The number of thiol groups is 1. The maximum absolute atomic E-state index is 11.9. The van der Waals surface area contributed by atoms with Crippen LogP contribution in [0.2, 0.25) is 0 Å². The van der Waals surface area contributed by atoms with E-state index >= 15 is 0 Å². The van der Waals surface area contributed by atoms with Gasteiger partial charge in [-0.05, 0) is 48.2 Å². The summed E-state index contributed by atoms with van der Waals surface area (Å²) in [6, 6.07) is 11.8. The van der Waals surface area contributed by atoms with Gasteiger partial charge in [-0.3, -0.25) is 9.11 Å². The Morgan fingerprint density at radius 2 is 1.53 bits per heavy atom. The number of fused-ring (bicyclic) bond motifs is 1. The van der Waals surface area contributed by atoms with Crippen molar-refractivity contribution in [2.45, 2.75) is 14.9 Å². The molecule has 4 aromatic rings. The van der Waals surface area contributed by atoms with Crippen LogP contribution in [0.5, 0.6) is 6.01 Å². The topological polar surface area (TPSA) is 204 Å². The largest absolute Gasteiger partial charge is 0.479 e. The zero-order chi connectivity index (χ0) is 27.5. The molecule has 0 unspecified atom stereocenters. The SMILES string of the molecule is O=S(=O)(O)c1cc(/N=N/c2ccc(Nc3nc(O)nc(SCCS)n3)cc2)cc2c(S(=O)(=O)O)cccc12. The Morgan fingerprint density at radius 3 is 2.18 bits per heavy atom. The van der Waals surface area contributed by atoms with Gasteiger partial charge in [0.1, 0.15) is 9.79 Å². The lowest BCUT2D eigenvalue weighted by molar-refractivity contribution is 0.422. The van der Waals surface area contributed by atoms with E-state index in [-0.39, 0.29) is 22.4 Å². The van der Waals surface area contributed by atoms with Crippen LogP contribution in [0.15, 0.2) is 79.8 Å². The van der Waals surface area contributed by atoms with Gasteiger partial charge in [0, 0.05) is 22.2 Å². The highest BCUT2D eigenvalue weighted by Crippen LogP contribution is 2.34. The van der Waals surface area contributed by atoms with Gasteiger partial charge in [-0.15, -0.1) is 0 Å². The van der Waals surface area contributed by atoms with Crippen LogP contribution < -0.4 is 5.32 Å². The predicted molar refractivity (Wildman–Crippen MR) is 144 cm³/mol. The van der Waals surface area contributed by atoms with E-state index < -0.39 is 36.0 Å². The molecule has 0 bridgehead atoms. The van der Waals surface area contributed by atoms with Gasteiger partial charge in [0.15, 0.2) is 5.16 Å². The summed E-state index contributed by atoms with van der Waals surface area (Å²) in [4.78, 5) is 10.7. The summed E-state index contributed by atoms with van der Waals surface area (Å²) < 4.78 is 66.7. The van der Waals surface area contributed by atoms with Gasteiger partial charge < -0.3 is 10.4 Å². The monoisotopic (exact) mass is 594 g/mol. The summed E-state index contributed by atoms with van der Waals surface area (Å²) in [5, 5.41) is 20.7. The lowest BCUT2D eigenvalue weighted by Crippen LogP contribution is -2.03. The first-order valence-corrected chi connectivity index (χ1v) is 14.9. The number of benzene rings is 3. The summed E-state index contributed by atoms with van der Waals surface area (Å²) in [5.74, 6) is 1.37. The van der Waals surface area contributed by atoms with E-state index in [2.05, 4.69) is 43.1 Å². The second kappa shape index (κ2) is 11.2. The van der Waals surface area contributed by atoms with Gasteiger partial charge in [-0.2, -0.15) is 54.6 Å². The molecule has 0 saturated heterocycles. The minimum atomic E-state index is -4.77. The minimum Gasteiger partial charge on any atom is -0.479 e. The average Bonchev–Trinajstić information content (AvgIpc) is 2.84. The second-order valence-corrected chi connectivity index (χ2v) is 11.7. The highest BCUT2D eigenvalue weighted by molar-refractivity contribution is 7.99. The number of azo groups is 1. The molecule has 0 saturated carbocycles. The molecule has 4 rings (SSSR count). The molecule has 0 radical (unpaired) electrons. The standard InChI is InChI=1S/C21H18N6O7S4/c28-20-23-19(24-21(25-20)36-9-8-35)22-12-4-6-13(7-5-12)26-27-14-10-16-15(18(11-14)38(32,33)34)2-1-3-17(16)37(29,30)31/h1-7,10-11,35H,8-9H2,(H,29,30,31)(H,32,33,34)(H2,22,23,24,25,28)/b27-26+. The Kier molecular flexibility index (Phi) is 8.14. The lowest BCUT2D eigenvalue weighted by Gasteiger charge is -2.09. The van der Waals surface area contributed by atoms with Crippen LogP contribution in [0.3, 0.4) is 0 Å². The Labute approximate surface area is 226 Å². The fourth-order valence-corrected chi connectivity index (χ4v) is 5.53. The molecule has 0 fully saturated rings. The predicted octanol–water partition coefficient (Wildman–Crippen LogP) is 4.40. The third-order valence-electron chi connectivity index (χ3n) is 4.79. The van der Waals surface area contributed by atoms with E-state index in [1.165, 1.54) is 30.0 Å². The number of aromatic hydroxyl groups is 1. The molecule has 13 nitrogen and oxygen atoms in total. The van der Waals surface area contributed by atoms with Gasteiger partial charge in [-0.1, -0.05) is 23.9 Å². The van der Waals surface area contributed by atoms with Crippen LogP contribution in [0.25, 0.3) is 10.8 Å². The van der Waals surface area contributed by atoms with Crippen molar-refractivity contribution in [3.05, 3.63) is 54.6 Å². The Morgan fingerprint density at radius 1 is 0.842 bits per heavy atom. The normalized spacial score (nSPS) is 12.3. The first-order valence-electron chi connectivity index (χ1n) is 10.4. The van der Waals surface area contributed by atoms with Crippen molar-refractivity contribution in [1.82, 2.24) is 15.0 Å². The molecule has 4 N–H and O–H groups in total. The molecule has 0 aliphatic rings. The van der Waals surface area contributed by atoms with Crippen LogP contribution in [-0.2, 0) is 20.2 Å². The number of thioether (sulfide) groups is 1. The van der Waals surface area contributed by atoms with Gasteiger partial charge >= 0.3 is 6.01 Å². The second-order valence-electron chi connectivity index (χ2n) is 7.43. The fourth-order valence-electron chi connectivity index (χ4n) is 3.26. The first-order chi connectivity index (χ1) is 17.9.